The predicted molar refractivity (Wildman–Crippen MR) is 30.7 cm³/mol. The molecular formula is C4H3ClLiNS. The average Bonchev–Trinajstić information content (AvgIpc) is 1.91. The molecule has 0 spiro atoms. The summed E-state index contributed by atoms with van der Waals surface area (Å²) >= 11 is 6.78. The Balaban J connectivity index is 0.000000490. The molecule has 0 aliphatic carbocycles. The van der Waals surface area contributed by atoms with Crippen LogP contribution in [0.2, 0.25) is 5.02 Å². The molecule has 0 fully saturated rings. The molecule has 0 N–H and O–H groups in total. The third kappa shape index (κ3) is 1.79. The van der Waals surface area contributed by atoms with Crippen LogP contribution in [0.15, 0.2) is 0 Å². The molecular weight excluding hydrogens is 137 g/mol. The monoisotopic (exact) mass is 139 g/mol. The van der Waals surface area contributed by atoms with Gasteiger partial charge in [0.15, 0.2) is 0 Å². The van der Waals surface area contributed by atoms with Crippen molar-refractivity contribution in [3.8, 4) is 0 Å². The van der Waals surface area contributed by atoms with Crippen LogP contribution >= 0.6 is 23.1 Å². The SMILES string of the molecule is Cc1ns[c-]c1Cl.[Li+]. The third-order valence-electron chi connectivity index (χ3n) is 0.635. The largest absolute Gasteiger partial charge is 1.00 e. The summed E-state index contributed by atoms with van der Waals surface area (Å²) in [5.74, 6) is 0. The van der Waals surface area contributed by atoms with E-state index in [2.05, 4.69) is 9.75 Å². The first-order valence-electron chi connectivity index (χ1n) is 1.80. The van der Waals surface area contributed by atoms with Crippen LogP contribution < -0.4 is 18.9 Å². The fourth-order valence-corrected chi connectivity index (χ4v) is 0.943. The summed E-state index contributed by atoms with van der Waals surface area (Å²) in [6, 6.07) is 0. The molecule has 0 saturated heterocycles. The second-order valence-corrected chi connectivity index (χ2v) is 2.13. The van der Waals surface area contributed by atoms with Crippen LogP contribution in [0, 0.1) is 12.3 Å². The Morgan fingerprint density at radius 3 is 2.50 bits per heavy atom. The number of aryl methyl sites for hydroxylation is 1. The van der Waals surface area contributed by atoms with Gasteiger partial charge in [-0.05, 0) is 0 Å². The molecule has 0 aliphatic rings. The number of hydrogen-bond donors (Lipinski definition) is 0. The van der Waals surface area contributed by atoms with Gasteiger partial charge in [0, 0.05) is 0 Å². The molecule has 0 atom stereocenters. The van der Waals surface area contributed by atoms with Crippen LogP contribution in [0.1, 0.15) is 5.69 Å². The summed E-state index contributed by atoms with van der Waals surface area (Å²) in [6.45, 7) is 1.86. The quantitative estimate of drug-likeness (QED) is 0.329. The minimum absolute atomic E-state index is 0. The number of aromatic nitrogens is 1. The number of nitrogens with zero attached hydrogens (tertiary/aromatic N) is 1. The van der Waals surface area contributed by atoms with Gasteiger partial charge in [0.25, 0.3) is 0 Å². The van der Waals surface area contributed by atoms with Crippen LogP contribution in [0.3, 0.4) is 0 Å². The van der Waals surface area contributed by atoms with Crippen molar-refractivity contribution in [1.82, 2.24) is 4.37 Å². The Morgan fingerprint density at radius 2 is 2.38 bits per heavy atom. The summed E-state index contributed by atoms with van der Waals surface area (Å²) in [5, 5.41) is 3.41. The van der Waals surface area contributed by atoms with Crippen molar-refractivity contribution in [2.24, 2.45) is 0 Å². The van der Waals surface area contributed by atoms with E-state index < -0.39 is 0 Å². The average molecular weight is 140 g/mol. The molecule has 0 amide bonds. The number of hydrogen-bond acceptors (Lipinski definition) is 2. The van der Waals surface area contributed by atoms with E-state index in [1.807, 2.05) is 6.92 Å². The molecule has 1 aromatic rings. The Kier molecular flexibility index (Phi) is 3.75. The van der Waals surface area contributed by atoms with Gasteiger partial charge >= 0.3 is 18.9 Å². The molecule has 0 radical (unpaired) electrons. The molecule has 0 aromatic carbocycles. The molecule has 8 heavy (non-hydrogen) atoms. The summed E-state index contributed by atoms with van der Waals surface area (Å²) in [5.41, 5.74) is 0.867. The van der Waals surface area contributed by atoms with Gasteiger partial charge < -0.3 is 4.37 Å². The third-order valence-corrected chi connectivity index (χ3v) is 1.78. The zero-order chi connectivity index (χ0) is 5.28. The van der Waals surface area contributed by atoms with Crippen molar-refractivity contribution in [3.63, 3.8) is 0 Å². The van der Waals surface area contributed by atoms with E-state index in [-0.39, 0.29) is 18.9 Å². The second-order valence-electron chi connectivity index (χ2n) is 1.18. The molecule has 4 heteroatoms. The Labute approximate surface area is 69.4 Å². The molecule has 0 bridgehead atoms. The maximum Gasteiger partial charge on any atom is 1.00 e. The van der Waals surface area contributed by atoms with Gasteiger partial charge in [-0.25, -0.2) is 0 Å². The van der Waals surface area contributed by atoms with Crippen molar-refractivity contribution in [2.75, 3.05) is 0 Å². The van der Waals surface area contributed by atoms with E-state index in [1.165, 1.54) is 11.5 Å². The zero-order valence-electron chi connectivity index (χ0n) is 4.73. The maximum absolute atomic E-state index is 5.52. The first kappa shape index (κ1) is 8.52. The Morgan fingerprint density at radius 1 is 1.75 bits per heavy atom. The summed E-state index contributed by atoms with van der Waals surface area (Å²) in [4.78, 5) is 0. The minimum atomic E-state index is 0. The van der Waals surface area contributed by atoms with Crippen molar-refractivity contribution in [1.29, 1.82) is 0 Å². The smallest absolute Gasteiger partial charge is 0.312 e. The standard InChI is InChI=1S/C4H3ClNS.Li/c1-3-4(5)2-7-6-3;/h1H3;/q-1;+1. The first-order valence-corrected chi connectivity index (χ1v) is 2.95. The van der Waals surface area contributed by atoms with Gasteiger partial charge in [-0.1, -0.05) is 17.6 Å². The van der Waals surface area contributed by atoms with E-state index in [1.54, 1.807) is 0 Å². The topological polar surface area (TPSA) is 12.9 Å². The first-order chi connectivity index (χ1) is 3.30. The number of halogens is 1. The fraction of sp³-hybridized carbons (Fsp3) is 0.250. The molecule has 1 nitrogen and oxygen atoms in total. The van der Waals surface area contributed by atoms with Crippen LogP contribution in [0.4, 0.5) is 0 Å². The van der Waals surface area contributed by atoms with Crippen LogP contribution in [-0.4, -0.2) is 4.37 Å². The van der Waals surface area contributed by atoms with E-state index >= 15 is 0 Å². The second kappa shape index (κ2) is 3.53. The van der Waals surface area contributed by atoms with Crippen molar-refractivity contribution in [2.45, 2.75) is 6.92 Å². The molecule has 0 aliphatic heterocycles. The van der Waals surface area contributed by atoms with Gasteiger partial charge in [0.05, 0.1) is 0 Å². The van der Waals surface area contributed by atoms with Gasteiger partial charge in [-0.3, -0.25) is 0 Å². The van der Waals surface area contributed by atoms with Crippen molar-refractivity contribution < 1.29 is 18.9 Å². The normalized spacial score (nSPS) is 8.25. The molecule has 1 heterocycles. The van der Waals surface area contributed by atoms with Gasteiger partial charge in [-0.15, -0.1) is 17.0 Å². The van der Waals surface area contributed by atoms with E-state index in [4.69, 9.17) is 11.6 Å². The van der Waals surface area contributed by atoms with Crippen LogP contribution in [0.25, 0.3) is 0 Å². The van der Waals surface area contributed by atoms with Crippen molar-refractivity contribution >= 4 is 23.1 Å². The number of rotatable bonds is 0. The molecule has 0 unspecified atom stereocenters. The van der Waals surface area contributed by atoms with E-state index in [9.17, 15) is 0 Å². The van der Waals surface area contributed by atoms with E-state index in [0.29, 0.717) is 5.02 Å². The fourth-order valence-electron chi connectivity index (χ4n) is 0.245. The van der Waals surface area contributed by atoms with Crippen LogP contribution in [-0.2, 0) is 0 Å². The molecule has 38 valence electrons. The maximum atomic E-state index is 5.52. The van der Waals surface area contributed by atoms with Gasteiger partial charge in [0.2, 0.25) is 0 Å². The molecule has 1 aromatic heterocycles. The Hall–Kier alpha value is 0.517. The Bertz CT molecular complexity index is 148. The summed E-state index contributed by atoms with van der Waals surface area (Å²) in [6.07, 6.45) is 0. The van der Waals surface area contributed by atoms with Crippen molar-refractivity contribution in [3.05, 3.63) is 16.1 Å². The molecule has 0 saturated carbocycles. The van der Waals surface area contributed by atoms with E-state index in [0.717, 1.165) is 5.69 Å². The van der Waals surface area contributed by atoms with Gasteiger partial charge in [-0.2, -0.15) is 11.5 Å². The zero-order valence-corrected chi connectivity index (χ0v) is 6.31. The predicted octanol–water partition coefficient (Wildman–Crippen LogP) is -1.09. The van der Waals surface area contributed by atoms with Gasteiger partial charge in [0.1, 0.15) is 0 Å². The summed E-state index contributed by atoms with van der Waals surface area (Å²) in [7, 11) is 0. The minimum Gasteiger partial charge on any atom is -0.312 e. The van der Waals surface area contributed by atoms with Crippen LogP contribution in [0.5, 0.6) is 0 Å². The molecule has 1 rings (SSSR count). The summed E-state index contributed by atoms with van der Waals surface area (Å²) < 4.78 is 3.87.